The van der Waals surface area contributed by atoms with Crippen LogP contribution in [0.5, 0.6) is 5.75 Å². The fraction of sp³-hybridized carbons (Fsp3) is 0.308. The number of nitrogens with zero attached hydrogens (tertiary/aromatic N) is 3. The van der Waals surface area contributed by atoms with Gasteiger partial charge >= 0.3 is 0 Å². The van der Waals surface area contributed by atoms with Crippen LogP contribution in [-0.4, -0.2) is 46.5 Å². The number of rotatable bonds is 3. The summed E-state index contributed by atoms with van der Waals surface area (Å²) in [5.74, 6) is 1.97. The van der Waals surface area contributed by atoms with E-state index in [0.29, 0.717) is 19.7 Å². The minimum Gasteiger partial charge on any atom is -0.491 e. The molecule has 0 spiro atoms. The van der Waals surface area contributed by atoms with E-state index in [0.717, 1.165) is 52.3 Å². The molecule has 2 aromatic carbocycles. The van der Waals surface area contributed by atoms with Gasteiger partial charge in [-0.2, -0.15) is 0 Å². The number of benzene rings is 2. The van der Waals surface area contributed by atoms with E-state index >= 15 is 0 Å². The summed E-state index contributed by atoms with van der Waals surface area (Å²) in [7, 11) is 0. The third-order valence-electron chi connectivity index (χ3n) is 6.70. The minimum atomic E-state index is -0.118. The van der Waals surface area contributed by atoms with Crippen molar-refractivity contribution in [2.24, 2.45) is 0 Å². The number of fused-ring (bicyclic) bond motifs is 3. The second-order valence-corrected chi connectivity index (χ2v) is 9.72. The number of nitrogens with one attached hydrogen (secondary N) is 1. The smallest absolute Gasteiger partial charge is 0.246 e. The molecule has 2 aliphatic rings. The highest BCUT2D eigenvalue weighted by atomic mass is 32.1. The van der Waals surface area contributed by atoms with Gasteiger partial charge in [0.15, 0.2) is 0 Å². The Balaban J connectivity index is 1.28. The van der Waals surface area contributed by atoms with Crippen molar-refractivity contribution in [3.63, 3.8) is 0 Å². The second-order valence-electron chi connectivity index (χ2n) is 8.72. The number of thiophene rings is 1. The molecular weight excluding hydrogens is 432 g/mol. The molecule has 2 aromatic heterocycles. The lowest BCUT2D eigenvalue weighted by molar-refractivity contribution is -0.133. The van der Waals surface area contributed by atoms with Crippen molar-refractivity contribution in [3.05, 3.63) is 64.1 Å². The topological polar surface area (TPSA) is 61.5 Å². The number of hydrogen-bond donors (Lipinski definition) is 1. The van der Waals surface area contributed by atoms with E-state index in [1.807, 2.05) is 17.9 Å². The number of carbonyl (C=O) groups is 1. The van der Waals surface area contributed by atoms with Gasteiger partial charge in [-0.3, -0.25) is 4.79 Å². The maximum atomic E-state index is 13.6. The molecule has 1 N–H and O–H groups in total. The van der Waals surface area contributed by atoms with E-state index in [2.05, 4.69) is 63.6 Å². The molecule has 4 heterocycles. The number of amides is 1. The summed E-state index contributed by atoms with van der Waals surface area (Å²) in [6.45, 7) is 6.60. The predicted molar refractivity (Wildman–Crippen MR) is 132 cm³/mol. The quantitative estimate of drug-likeness (QED) is 0.480. The second kappa shape index (κ2) is 7.92. The zero-order chi connectivity index (χ0) is 22.5. The van der Waals surface area contributed by atoms with Crippen LogP contribution in [0.2, 0.25) is 0 Å². The van der Waals surface area contributed by atoms with E-state index < -0.39 is 0 Å². The Hall–Kier alpha value is -3.32. The fourth-order valence-corrected chi connectivity index (χ4v) is 6.01. The van der Waals surface area contributed by atoms with E-state index in [1.165, 1.54) is 10.6 Å². The Bertz CT molecular complexity index is 1360. The Morgan fingerprint density at radius 2 is 2.06 bits per heavy atom. The van der Waals surface area contributed by atoms with Crippen molar-refractivity contribution in [1.82, 2.24) is 14.9 Å². The number of anilines is 1. The van der Waals surface area contributed by atoms with Gasteiger partial charge in [-0.1, -0.05) is 12.1 Å². The van der Waals surface area contributed by atoms with Crippen LogP contribution >= 0.6 is 11.3 Å². The standard InChI is InChI=1S/C26H26N4O2S/c1-3-30-22-8-11-33-25(22)14-23(30)26(31)29-9-10-32-24-7-5-17(12-19(24)15-29)18-4-6-20-21(13-18)28-16(2)27-20/h4-8,11-13,23H,3,9-10,14-15H2,1-2H3,(H,27,28). The van der Waals surface area contributed by atoms with Crippen molar-refractivity contribution in [1.29, 1.82) is 0 Å². The van der Waals surface area contributed by atoms with Gasteiger partial charge in [-0.25, -0.2) is 4.98 Å². The van der Waals surface area contributed by atoms with Gasteiger partial charge in [0.2, 0.25) is 5.91 Å². The largest absolute Gasteiger partial charge is 0.491 e. The van der Waals surface area contributed by atoms with Gasteiger partial charge in [-0.05, 0) is 60.7 Å². The summed E-state index contributed by atoms with van der Waals surface area (Å²) >= 11 is 1.75. The SMILES string of the molecule is CCN1c2ccsc2CC1C(=O)N1CCOc2ccc(-c3ccc4[nH]c(C)nc4c3)cc2C1. The highest BCUT2D eigenvalue weighted by Crippen LogP contribution is 2.37. The summed E-state index contributed by atoms with van der Waals surface area (Å²) in [6.07, 6.45) is 0.799. The van der Waals surface area contributed by atoms with Crippen LogP contribution in [-0.2, 0) is 17.8 Å². The zero-order valence-corrected chi connectivity index (χ0v) is 19.6. The van der Waals surface area contributed by atoms with Gasteiger partial charge in [0.05, 0.1) is 23.3 Å². The van der Waals surface area contributed by atoms with Crippen molar-refractivity contribution in [2.75, 3.05) is 24.6 Å². The van der Waals surface area contributed by atoms with Gasteiger partial charge < -0.3 is 19.5 Å². The molecule has 4 aromatic rings. The normalized spacial score (nSPS) is 17.6. The molecule has 6 nitrogen and oxygen atoms in total. The lowest BCUT2D eigenvalue weighted by atomic mass is 10.0. The highest BCUT2D eigenvalue weighted by Gasteiger charge is 2.37. The lowest BCUT2D eigenvalue weighted by Crippen LogP contribution is -2.47. The van der Waals surface area contributed by atoms with Gasteiger partial charge in [0.1, 0.15) is 24.2 Å². The molecule has 168 valence electrons. The van der Waals surface area contributed by atoms with Gasteiger partial charge in [0.25, 0.3) is 0 Å². The summed E-state index contributed by atoms with van der Waals surface area (Å²) in [6, 6.07) is 14.6. The monoisotopic (exact) mass is 458 g/mol. The highest BCUT2D eigenvalue weighted by molar-refractivity contribution is 7.10. The summed E-state index contributed by atoms with van der Waals surface area (Å²) in [5, 5.41) is 2.12. The Morgan fingerprint density at radius 3 is 2.94 bits per heavy atom. The average molecular weight is 459 g/mol. The number of hydrogen-bond acceptors (Lipinski definition) is 5. The van der Waals surface area contributed by atoms with E-state index in [4.69, 9.17) is 4.74 Å². The molecular formula is C26H26N4O2S. The maximum Gasteiger partial charge on any atom is 0.246 e. The number of aryl methyl sites for hydroxylation is 1. The van der Waals surface area contributed by atoms with Crippen LogP contribution in [0.1, 0.15) is 23.2 Å². The fourth-order valence-electron chi connectivity index (χ4n) is 5.09. The first-order chi connectivity index (χ1) is 16.1. The molecule has 33 heavy (non-hydrogen) atoms. The molecule has 1 unspecified atom stereocenters. The average Bonchev–Trinajstić information content (AvgIpc) is 3.46. The number of aromatic amines is 1. The van der Waals surface area contributed by atoms with E-state index in [1.54, 1.807) is 11.3 Å². The molecule has 0 aliphatic carbocycles. The molecule has 0 bridgehead atoms. The van der Waals surface area contributed by atoms with E-state index in [9.17, 15) is 4.79 Å². The van der Waals surface area contributed by atoms with Crippen LogP contribution in [0.15, 0.2) is 47.8 Å². The van der Waals surface area contributed by atoms with Crippen molar-refractivity contribution >= 4 is 34.0 Å². The number of carbonyl (C=O) groups excluding carboxylic acids is 1. The summed E-state index contributed by atoms with van der Waals surface area (Å²) in [4.78, 5) is 27.0. The van der Waals surface area contributed by atoms with Crippen LogP contribution in [0, 0.1) is 6.92 Å². The third-order valence-corrected chi connectivity index (χ3v) is 7.63. The summed E-state index contributed by atoms with van der Waals surface area (Å²) < 4.78 is 6.03. The molecule has 0 radical (unpaired) electrons. The van der Waals surface area contributed by atoms with Crippen LogP contribution in [0.3, 0.4) is 0 Å². The van der Waals surface area contributed by atoms with Crippen molar-refractivity contribution in [3.8, 4) is 16.9 Å². The number of imidazole rings is 1. The van der Waals surface area contributed by atoms with Gasteiger partial charge in [0, 0.05) is 30.0 Å². The van der Waals surface area contributed by atoms with E-state index in [-0.39, 0.29) is 11.9 Å². The van der Waals surface area contributed by atoms with Crippen LogP contribution < -0.4 is 9.64 Å². The molecule has 2 aliphatic heterocycles. The van der Waals surface area contributed by atoms with Gasteiger partial charge in [-0.15, -0.1) is 11.3 Å². The van der Waals surface area contributed by atoms with Crippen molar-refractivity contribution in [2.45, 2.75) is 32.9 Å². The Kier molecular flexibility index (Phi) is 4.87. The third kappa shape index (κ3) is 3.47. The number of aromatic nitrogens is 2. The first kappa shape index (κ1) is 20.3. The maximum absolute atomic E-state index is 13.6. The van der Waals surface area contributed by atoms with Crippen LogP contribution in [0.25, 0.3) is 22.2 Å². The van der Waals surface area contributed by atoms with Crippen molar-refractivity contribution < 1.29 is 9.53 Å². The molecule has 7 heteroatoms. The first-order valence-corrected chi connectivity index (χ1v) is 12.3. The lowest BCUT2D eigenvalue weighted by Gasteiger charge is -2.30. The number of ether oxygens (including phenoxy) is 1. The molecule has 0 saturated heterocycles. The Morgan fingerprint density at radius 1 is 1.21 bits per heavy atom. The number of H-pyrrole nitrogens is 1. The Labute approximate surface area is 196 Å². The minimum absolute atomic E-state index is 0.118. The number of likely N-dealkylation sites (N-methyl/N-ethyl adjacent to an activating group) is 1. The molecule has 1 atom stereocenters. The molecule has 6 rings (SSSR count). The predicted octanol–water partition coefficient (Wildman–Crippen LogP) is 4.77. The molecule has 0 fully saturated rings. The molecule has 0 saturated carbocycles. The molecule has 1 amide bonds. The summed E-state index contributed by atoms with van der Waals surface area (Å²) in [5.41, 5.74) is 6.48. The zero-order valence-electron chi connectivity index (χ0n) is 18.8. The van der Waals surface area contributed by atoms with Crippen LogP contribution in [0.4, 0.5) is 5.69 Å². The first-order valence-electron chi connectivity index (χ1n) is 11.4.